The Hall–Kier alpha value is -3.08. The Morgan fingerprint density at radius 3 is 2.58 bits per heavy atom. The van der Waals surface area contributed by atoms with Crippen molar-refractivity contribution in [3.05, 3.63) is 60.4 Å². The molecule has 1 N–H and O–H groups in total. The molecule has 122 valence electrons. The van der Waals surface area contributed by atoms with Crippen molar-refractivity contribution in [2.24, 2.45) is 0 Å². The van der Waals surface area contributed by atoms with Gasteiger partial charge in [-0.3, -0.25) is 9.78 Å². The molecule has 0 atom stereocenters. The largest absolute Gasteiger partial charge is 0.506 e. The highest BCUT2D eigenvalue weighted by Gasteiger charge is 2.12. The Bertz CT molecular complexity index is 878. The van der Waals surface area contributed by atoms with Crippen molar-refractivity contribution < 1.29 is 14.6 Å². The highest BCUT2D eigenvalue weighted by Crippen LogP contribution is 2.31. The molecule has 0 bridgehead atoms. The number of aromatic hydroxyl groups is 1. The molecular formula is C19H18N2O3. The Labute approximate surface area is 140 Å². The standard InChI is InChI=1S/C19H18N2O3/c1-13(22)21(2)12-18-17-10-15(24-14-6-4-3-5-7-14)8-9-16(17)19(23)11-20-18/h3-11,23H,12H2,1-2H3. The molecule has 1 amide bonds. The van der Waals surface area contributed by atoms with Crippen molar-refractivity contribution in [2.45, 2.75) is 13.5 Å². The summed E-state index contributed by atoms with van der Waals surface area (Å²) in [5.74, 6) is 1.43. The van der Waals surface area contributed by atoms with E-state index in [0.29, 0.717) is 23.4 Å². The maximum Gasteiger partial charge on any atom is 0.219 e. The van der Waals surface area contributed by atoms with E-state index in [9.17, 15) is 9.90 Å². The van der Waals surface area contributed by atoms with E-state index >= 15 is 0 Å². The highest BCUT2D eigenvalue weighted by atomic mass is 16.5. The SMILES string of the molecule is CC(=O)N(C)Cc1ncc(O)c2ccc(Oc3ccccc3)cc12. The lowest BCUT2D eigenvalue weighted by molar-refractivity contribution is -0.128. The average molecular weight is 322 g/mol. The third-order valence-corrected chi connectivity index (χ3v) is 3.82. The second-order valence-corrected chi connectivity index (χ2v) is 5.59. The number of para-hydroxylation sites is 1. The van der Waals surface area contributed by atoms with Gasteiger partial charge < -0.3 is 14.7 Å². The number of hydrogen-bond acceptors (Lipinski definition) is 4. The topological polar surface area (TPSA) is 62.7 Å². The lowest BCUT2D eigenvalue weighted by atomic mass is 10.1. The zero-order valence-corrected chi connectivity index (χ0v) is 13.6. The first-order chi connectivity index (χ1) is 11.5. The van der Waals surface area contributed by atoms with Crippen molar-refractivity contribution in [2.75, 3.05) is 7.05 Å². The summed E-state index contributed by atoms with van der Waals surface area (Å²) in [6, 6.07) is 14.9. The zero-order chi connectivity index (χ0) is 17.1. The van der Waals surface area contributed by atoms with Gasteiger partial charge in [0.15, 0.2) is 0 Å². The van der Waals surface area contributed by atoms with Crippen LogP contribution in [0.2, 0.25) is 0 Å². The van der Waals surface area contributed by atoms with Gasteiger partial charge in [0.2, 0.25) is 5.91 Å². The van der Waals surface area contributed by atoms with Gasteiger partial charge in [-0.05, 0) is 30.3 Å². The lowest BCUT2D eigenvalue weighted by Crippen LogP contribution is -2.23. The molecular weight excluding hydrogens is 304 g/mol. The fraction of sp³-hybridized carbons (Fsp3) is 0.158. The normalized spacial score (nSPS) is 10.6. The van der Waals surface area contributed by atoms with Crippen LogP contribution < -0.4 is 4.74 Å². The van der Waals surface area contributed by atoms with Crippen LogP contribution in [-0.2, 0) is 11.3 Å². The predicted molar refractivity (Wildman–Crippen MR) is 92.1 cm³/mol. The van der Waals surface area contributed by atoms with Crippen molar-refractivity contribution >= 4 is 16.7 Å². The summed E-state index contributed by atoms with van der Waals surface area (Å²) < 4.78 is 5.84. The molecule has 1 aromatic heterocycles. The van der Waals surface area contributed by atoms with Crippen molar-refractivity contribution in [3.8, 4) is 17.2 Å². The number of aromatic nitrogens is 1. The minimum Gasteiger partial charge on any atom is -0.506 e. The molecule has 1 heterocycles. The Kier molecular flexibility index (Phi) is 4.33. The Balaban J connectivity index is 2.01. The second kappa shape index (κ2) is 6.58. The van der Waals surface area contributed by atoms with Gasteiger partial charge in [0.1, 0.15) is 17.2 Å². The molecule has 0 unspecified atom stereocenters. The summed E-state index contributed by atoms with van der Waals surface area (Å²) in [6.07, 6.45) is 1.41. The van der Waals surface area contributed by atoms with Crippen LogP contribution in [0.15, 0.2) is 54.7 Å². The number of carbonyl (C=O) groups is 1. The van der Waals surface area contributed by atoms with Gasteiger partial charge in [0.05, 0.1) is 18.4 Å². The molecule has 0 spiro atoms. The quantitative estimate of drug-likeness (QED) is 0.795. The molecule has 0 fully saturated rings. The minimum absolute atomic E-state index is 0.0466. The lowest BCUT2D eigenvalue weighted by Gasteiger charge is -2.16. The molecule has 3 rings (SSSR count). The fourth-order valence-corrected chi connectivity index (χ4v) is 2.41. The fourth-order valence-electron chi connectivity index (χ4n) is 2.41. The van der Waals surface area contributed by atoms with E-state index in [1.54, 1.807) is 24.1 Å². The van der Waals surface area contributed by atoms with Gasteiger partial charge in [-0.15, -0.1) is 0 Å². The summed E-state index contributed by atoms with van der Waals surface area (Å²) in [5.41, 5.74) is 0.707. The first kappa shape index (κ1) is 15.8. The molecule has 0 radical (unpaired) electrons. The predicted octanol–water partition coefficient (Wildman–Crippen LogP) is 3.71. The zero-order valence-electron chi connectivity index (χ0n) is 13.6. The number of ether oxygens (including phenoxy) is 1. The number of carbonyl (C=O) groups excluding carboxylic acids is 1. The molecule has 3 aromatic rings. The summed E-state index contributed by atoms with van der Waals surface area (Å²) in [6.45, 7) is 1.87. The second-order valence-electron chi connectivity index (χ2n) is 5.59. The average Bonchev–Trinajstić information content (AvgIpc) is 2.58. The van der Waals surface area contributed by atoms with Crippen LogP contribution in [0.3, 0.4) is 0 Å². The van der Waals surface area contributed by atoms with Crippen LogP contribution in [0.25, 0.3) is 10.8 Å². The van der Waals surface area contributed by atoms with Gasteiger partial charge in [0.25, 0.3) is 0 Å². The molecule has 0 saturated carbocycles. The van der Waals surface area contributed by atoms with Gasteiger partial charge in [-0.2, -0.15) is 0 Å². The van der Waals surface area contributed by atoms with E-state index in [-0.39, 0.29) is 11.7 Å². The molecule has 0 aliphatic heterocycles. The molecule has 2 aromatic carbocycles. The van der Waals surface area contributed by atoms with Gasteiger partial charge in [0, 0.05) is 24.7 Å². The Morgan fingerprint density at radius 2 is 1.88 bits per heavy atom. The van der Waals surface area contributed by atoms with Crippen LogP contribution in [-0.4, -0.2) is 27.9 Å². The van der Waals surface area contributed by atoms with Gasteiger partial charge in [-0.25, -0.2) is 0 Å². The maximum absolute atomic E-state index is 11.5. The summed E-state index contributed by atoms with van der Waals surface area (Å²) in [4.78, 5) is 17.3. The van der Waals surface area contributed by atoms with Crippen LogP contribution >= 0.6 is 0 Å². The highest BCUT2D eigenvalue weighted by molar-refractivity contribution is 5.91. The van der Waals surface area contributed by atoms with E-state index in [1.165, 1.54) is 13.1 Å². The molecule has 24 heavy (non-hydrogen) atoms. The first-order valence-electron chi connectivity index (χ1n) is 7.60. The van der Waals surface area contributed by atoms with Crippen LogP contribution in [0.1, 0.15) is 12.6 Å². The summed E-state index contributed by atoms with van der Waals surface area (Å²) in [5, 5.41) is 11.5. The molecule has 5 nitrogen and oxygen atoms in total. The number of amides is 1. The number of nitrogens with zero attached hydrogens (tertiary/aromatic N) is 2. The van der Waals surface area contributed by atoms with Crippen LogP contribution in [0.4, 0.5) is 0 Å². The summed E-state index contributed by atoms with van der Waals surface area (Å²) in [7, 11) is 1.72. The smallest absolute Gasteiger partial charge is 0.219 e. The number of benzene rings is 2. The third-order valence-electron chi connectivity index (χ3n) is 3.82. The van der Waals surface area contributed by atoms with Crippen molar-refractivity contribution in [3.63, 3.8) is 0 Å². The van der Waals surface area contributed by atoms with E-state index < -0.39 is 0 Å². The molecule has 5 heteroatoms. The number of pyridine rings is 1. The number of fused-ring (bicyclic) bond motifs is 1. The van der Waals surface area contributed by atoms with E-state index in [2.05, 4.69) is 4.98 Å². The number of hydrogen-bond donors (Lipinski definition) is 1. The molecule has 0 aliphatic rings. The van der Waals surface area contributed by atoms with Crippen molar-refractivity contribution in [1.29, 1.82) is 0 Å². The van der Waals surface area contributed by atoms with Gasteiger partial charge >= 0.3 is 0 Å². The minimum atomic E-state index is -0.0466. The van der Waals surface area contributed by atoms with E-state index in [1.807, 2.05) is 36.4 Å². The van der Waals surface area contributed by atoms with Crippen molar-refractivity contribution in [1.82, 2.24) is 9.88 Å². The molecule has 0 saturated heterocycles. The van der Waals surface area contributed by atoms with Crippen LogP contribution in [0, 0.1) is 0 Å². The molecule has 0 aliphatic carbocycles. The maximum atomic E-state index is 11.5. The summed E-state index contributed by atoms with van der Waals surface area (Å²) >= 11 is 0. The Morgan fingerprint density at radius 1 is 1.12 bits per heavy atom. The third kappa shape index (κ3) is 3.30. The van der Waals surface area contributed by atoms with Gasteiger partial charge in [-0.1, -0.05) is 18.2 Å². The van der Waals surface area contributed by atoms with E-state index in [0.717, 1.165) is 11.1 Å². The first-order valence-corrected chi connectivity index (χ1v) is 7.60. The number of rotatable bonds is 4. The monoisotopic (exact) mass is 322 g/mol. The van der Waals surface area contributed by atoms with E-state index in [4.69, 9.17) is 4.74 Å². The van der Waals surface area contributed by atoms with Crippen LogP contribution in [0.5, 0.6) is 17.2 Å².